The Morgan fingerprint density at radius 2 is 1.84 bits per heavy atom. The highest BCUT2D eigenvalue weighted by Gasteiger charge is 2.23. The molecule has 0 aromatic heterocycles. The van der Waals surface area contributed by atoms with E-state index in [1.54, 1.807) is 13.2 Å². The van der Waals surface area contributed by atoms with Gasteiger partial charge in [0.05, 0.1) is 25.2 Å². The standard InChI is InChI=1S/C24H27NO4S2/c1-4-16(2)18-10-5-6-11-19(18)28-13-8-14-29-22-17(9-7-12-20(22)27-3)15-21-23(26)25-24(30)31-21/h5-7,9-12,15-16H,4,8,13-14H2,1-3H3,(H,25,26,30)/b21-15+. The van der Waals surface area contributed by atoms with Crippen LogP contribution in [0, 0.1) is 0 Å². The fraction of sp³-hybridized carbons (Fsp3) is 0.333. The quantitative estimate of drug-likeness (QED) is 0.287. The Balaban J connectivity index is 1.63. The normalized spacial score (nSPS) is 15.6. The van der Waals surface area contributed by atoms with E-state index in [1.165, 1.54) is 17.3 Å². The van der Waals surface area contributed by atoms with Gasteiger partial charge in [0.2, 0.25) is 0 Å². The molecular weight excluding hydrogens is 430 g/mol. The molecule has 1 amide bonds. The van der Waals surface area contributed by atoms with Gasteiger partial charge in [-0.2, -0.15) is 0 Å². The topological polar surface area (TPSA) is 56.8 Å². The number of hydrogen-bond donors (Lipinski definition) is 1. The summed E-state index contributed by atoms with van der Waals surface area (Å²) in [5.74, 6) is 2.40. The second kappa shape index (κ2) is 11.2. The van der Waals surface area contributed by atoms with Crippen LogP contribution in [0.15, 0.2) is 47.4 Å². The van der Waals surface area contributed by atoms with Crippen molar-refractivity contribution in [3.05, 3.63) is 58.5 Å². The zero-order valence-electron chi connectivity index (χ0n) is 18.0. The van der Waals surface area contributed by atoms with Crippen molar-refractivity contribution in [1.82, 2.24) is 5.32 Å². The van der Waals surface area contributed by atoms with Gasteiger partial charge in [0.25, 0.3) is 5.91 Å². The molecular formula is C24H27NO4S2. The number of ether oxygens (including phenoxy) is 3. The van der Waals surface area contributed by atoms with E-state index in [9.17, 15) is 4.79 Å². The lowest BCUT2D eigenvalue weighted by atomic mass is 9.98. The van der Waals surface area contributed by atoms with E-state index in [0.717, 1.165) is 17.7 Å². The molecule has 2 aromatic carbocycles. The minimum absolute atomic E-state index is 0.197. The molecule has 1 unspecified atom stereocenters. The summed E-state index contributed by atoms with van der Waals surface area (Å²) in [6, 6.07) is 13.8. The van der Waals surface area contributed by atoms with Crippen molar-refractivity contribution in [3.8, 4) is 17.2 Å². The van der Waals surface area contributed by atoms with Crippen LogP contribution in [-0.4, -0.2) is 30.6 Å². The molecule has 1 N–H and O–H groups in total. The molecule has 1 saturated heterocycles. The van der Waals surface area contributed by atoms with Gasteiger partial charge >= 0.3 is 0 Å². The summed E-state index contributed by atoms with van der Waals surface area (Å²) in [6.45, 7) is 5.39. The van der Waals surface area contributed by atoms with Crippen molar-refractivity contribution >= 4 is 40.3 Å². The van der Waals surface area contributed by atoms with E-state index in [1.807, 2.05) is 36.4 Å². The number of rotatable bonds is 10. The zero-order valence-corrected chi connectivity index (χ0v) is 19.6. The fourth-order valence-electron chi connectivity index (χ4n) is 3.18. The minimum atomic E-state index is -0.197. The first kappa shape index (κ1) is 23.2. The van der Waals surface area contributed by atoms with Crippen LogP contribution >= 0.6 is 24.0 Å². The summed E-state index contributed by atoms with van der Waals surface area (Å²) in [5, 5.41) is 2.63. The van der Waals surface area contributed by atoms with Gasteiger partial charge in [0.15, 0.2) is 11.5 Å². The molecule has 0 aliphatic carbocycles. The molecule has 1 atom stereocenters. The van der Waals surface area contributed by atoms with Crippen molar-refractivity contribution in [2.45, 2.75) is 32.6 Å². The first-order chi connectivity index (χ1) is 15.0. The molecule has 7 heteroatoms. The molecule has 2 aromatic rings. The maximum absolute atomic E-state index is 12.0. The lowest BCUT2D eigenvalue weighted by Crippen LogP contribution is -2.17. The SMILES string of the molecule is CCC(C)c1ccccc1OCCCOc1c(/C=C2/SC(=S)NC2=O)cccc1OC. The lowest BCUT2D eigenvalue weighted by molar-refractivity contribution is -0.115. The summed E-state index contributed by atoms with van der Waals surface area (Å²) in [6.07, 6.45) is 3.55. The van der Waals surface area contributed by atoms with Crippen LogP contribution in [0.3, 0.4) is 0 Å². The van der Waals surface area contributed by atoms with Gasteiger partial charge < -0.3 is 19.5 Å². The Labute approximate surface area is 193 Å². The molecule has 3 rings (SSSR count). The largest absolute Gasteiger partial charge is 0.493 e. The van der Waals surface area contributed by atoms with E-state index in [2.05, 4.69) is 25.2 Å². The van der Waals surface area contributed by atoms with E-state index >= 15 is 0 Å². The number of carbonyl (C=O) groups is 1. The molecule has 1 aliphatic heterocycles. The van der Waals surface area contributed by atoms with Gasteiger partial charge in [-0.05, 0) is 36.1 Å². The van der Waals surface area contributed by atoms with Crippen molar-refractivity contribution in [2.75, 3.05) is 20.3 Å². The smallest absolute Gasteiger partial charge is 0.263 e. The molecule has 1 fully saturated rings. The van der Waals surface area contributed by atoms with E-state index in [0.29, 0.717) is 46.3 Å². The number of methoxy groups -OCH3 is 1. The molecule has 0 bridgehead atoms. The molecule has 0 radical (unpaired) electrons. The Kier molecular flexibility index (Phi) is 8.37. The van der Waals surface area contributed by atoms with Crippen molar-refractivity contribution < 1.29 is 19.0 Å². The highest BCUT2D eigenvalue weighted by Crippen LogP contribution is 2.35. The van der Waals surface area contributed by atoms with Gasteiger partial charge in [-0.3, -0.25) is 4.79 Å². The highest BCUT2D eigenvalue weighted by molar-refractivity contribution is 8.26. The maximum Gasteiger partial charge on any atom is 0.263 e. The van der Waals surface area contributed by atoms with Gasteiger partial charge in [-0.15, -0.1) is 0 Å². The van der Waals surface area contributed by atoms with Crippen LogP contribution in [0.5, 0.6) is 17.2 Å². The zero-order chi connectivity index (χ0) is 22.2. The number of carbonyl (C=O) groups excluding carboxylic acids is 1. The van der Waals surface area contributed by atoms with Crippen LogP contribution in [0.2, 0.25) is 0 Å². The van der Waals surface area contributed by atoms with E-state index < -0.39 is 0 Å². The molecule has 1 aliphatic rings. The van der Waals surface area contributed by atoms with Crippen LogP contribution < -0.4 is 19.5 Å². The fourth-order valence-corrected chi connectivity index (χ4v) is 4.21. The van der Waals surface area contributed by atoms with Crippen molar-refractivity contribution in [3.63, 3.8) is 0 Å². The maximum atomic E-state index is 12.0. The summed E-state index contributed by atoms with van der Waals surface area (Å²) in [4.78, 5) is 12.5. The molecule has 0 saturated carbocycles. The van der Waals surface area contributed by atoms with Crippen LogP contribution in [0.4, 0.5) is 0 Å². The van der Waals surface area contributed by atoms with E-state index in [4.69, 9.17) is 26.4 Å². The number of hydrogen-bond acceptors (Lipinski definition) is 6. The molecule has 31 heavy (non-hydrogen) atoms. The van der Waals surface area contributed by atoms with Gasteiger partial charge in [0.1, 0.15) is 10.1 Å². The van der Waals surface area contributed by atoms with Crippen molar-refractivity contribution in [2.24, 2.45) is 0 Å². The molecule has 5 nitrogen and oxygen atoms in total. The second-order valence-corrected chi connectivity index (χ2v) is 8.85. The second-order valence-electron chi connectivity index (χ2n) is 7.13. The van der Waals surface area contributed by atoms with Gasteiger partial charge in [-0.1, -0.05) is 68.2 Å². The lowest BCUT2D eigenvalue weighted by Gasteiger charge is -2.16. The molecule has 164 valence electrons. The van der Waals surface area contributed by atoms with Crippen molar-refractivity contribution in [1.29, 1.82) is 0 Å². The third kappa shape index (κ3) is 6.02. The number of thiocarbonyl (C=S) groups is 1. The average Bonchev–Trinajstić information content (AvgIpc) is 3.10. The van der Waals surface area contributed by atoms with Crippen LogP contribution in [0.25, 0.3) is 6.08 Å². The number of para-hydroxylation sites is 2. The number of nitrogens with one attached hydrogen (secondary N) is 1. The summed E-state index contributed by atoms with van der Waals surface area (Å²) in [7, 11) is 1.60. The summed E-state index contributed by atoms with van der Waals surface area (Å²) < 4.78 is 18.0. The Morgan fingerprint density at radius 1 is 1.10 bits per heavy atom. The first-order valence-corrected chi connectivity index (χ1v) is 11.5. The number of benzene rings is 2. The Hall–Kier alpha value is -2.51. The van der Waals surface area contributed by atoms with Crippen LogP contribution in [0.1, 0.15) is 43.7 Å². The van der Waals surface area contributed by atoms with E-state index in [-0.39, 0.29) is 5.91 Å². The van der Waals surface area contributed by atoms with Crippen LogP contribution in [-0.2, 0) is 4.79 Å². The Bertz CT molecular complexity index is 974. The first-order valence-electron chi connectivity index (χ1n) is 10.3. The molecule has 0 spiro atoms. The monoisotopic (exact) mass is 457 g/mol. The third-order valence-corrected chi connectivity index (χ3v) is 6.18. The summed E-state index contributed by atoms with van der Waals surface area (Å²) >= 11 is 6.30. The predicted octanol–water partition coefficient (Wildman–Crippen LogP) is 5.55. The molecule has 1 heterocycles. The minimum Gasteiger partial charge on any atom is -0.493 e. The number of thioether (sulfide) groups is 1. The average molecular weight is 458 g/mol. The Morgan fingerprint density at radius 3 is 2.55 bits per heavy atom. The highest BCUT2D eigenvalue weighted by atomic mass is 32.2. The van der Waals surface area contributed by atoms with Gasteiger partial charge in [0, 0.05) is 12.0 Å². The third-order valence-electron chi connectivity index (χ3n) is 5.01. The van der Waals surface area contributed by atoms with Gasteiger partial charge in [-0.25, -0.2) is 0 Å². The number of amides is 1. The summed E-state index contributed by atoms with van der Waals surface area (Å²) in [5.41, 5.74) is 2.00. The predicted molar refractivity (Wildman–Crippen MR) is 130 cm³/mol.